The Bertz CT molecular complexity index is 951. The number of ether oxygens (including phenoxy) is 3. The number of carbonyl (C=O) groups excluding carboxylic acids is 2. The second kappa shape index (κ2) is 11.0. The molecule has 0 aliphatic heterocycles. The SMILES string of the molecule is CCOC(=O)c1c(CC(=O)c2ccc(Cl)cc2Cl)cc(OC)cc1OC=CC(C)C. The summed E-state index contributed by atoms with van der Waals surface area (Å²) in [4.78, 5) is 25.6. The molecule has 0 aliphatic carbocycles. The molecule has 30 heavy (non-hydrogen) atoms. The Hall–Kier alpha value is -2.50. The van der Waals surface area contributed by atoms with Gasteiger partial charge in [0, 0.05) is 23.1 Å². The molecule has 2 aromatic rings. The molecular formula is C23H24Cl2O5. The van der Waals surface area contributed by atoms with Crippen LogP contribution in [0.2, 0.25) is 10.0 Å². The van der Waals surface area contributed by atoms with Crippen LogP contribution < -0.4 is 9.47 Å². The first-order chi connectivity index (χ1) is 14.3. The van der Waals surface area contributed by atoms with E-state index in [0.717, 1.165) is 0 Å². The monoisotopic (exact) mass is 450 g/mol. The Labute approximate surface area is 186 Å². The summed E-state index contributed by atoms with van der Waals surface area (Å²) >= 11 is 12.1. The molecule has 0 atom stereocenters. The lowest BCUT2D eigenvalue weighted by atomic mass is 9.97. The highest BCUT2D eigenvalue weighted by molar-refractivity contribution is 6.36. The summed E-state index contributed by atoms with van der Waals surface area (Å²) in [6.45, 7) is 5.89. The zero-order chi connectivity index (χ0) is 22.3. The summed E-state index contributed by atoms with van der Waals surface area (Å²) < 4.78 is 16.2. The van der Waals surface area contributed by atoms with Crippen molar-refractivity contribution in [3.63, 3.8) is 0 Å². The number of rotatable bonds is 9. The van der Waals surface area contributed by atoms with E-state index < -0.39 is 5.97 Å². The lowest BCUT2D eigenvalue weighted by Crippen LogP contribution is -2.14. The number of hydrogen-bond acceptors (Lipinski definition) is 5. The molecule has 2 aromatic carbocycles. The Morgan fingerprint density at radius 3 is 2.47 bits per heavy atom. The Morgan fingerprint density at radius 1 is 1.13 bits per heavy atom. The molecule has 5 nitrogen and oxygen atoms in total. The van der Waals surface area contributed by atoms with Gasteiger partial charge in [0.1, 0.15) is 17.1 Å². The third-order valence-corrected chi connectivity index (χ3v) is 4.66. The van der Waals surface area contributed by atoms with Crippen molar-refractivity contribution >= 4 is 35.0 Å². The van der Waals surface area contributed by atoms with Gasteiger partial charge in [-0.25, -0.2) is 4.79 Å². The minimum Gasteiger partial charge on any atom is -0.497 e. The fourth-order valence-corrected chi connectivity index (χ4v) is 3.20. The molecule has 0 aromatic heterocycles. The topological polar surface area (TPSA) is 61.8 Å². The van der Waals surface area contributed by atoms with Crippen LogP contribution >= 0.6 is 23.2 Å². The average molecular weight is 451 g/mol. The predicted octanol–water partition coefficient (Wildman–Crippen LogP) is 6.15. The molecule has 0 bridgehead atoms. The normalized spacial score (nSPS) is 11.0. The molecule has 2 rings (SSSR count). The number of allylic oxidation sites excluding steroid dienone is 1. The van der Waals surface area contributed by atoms with Gasteiger partial charge in [-0.3, -0.25) is 4.79 Å². The van der Waals surface area contributed by atoms with Crippen LogP contribution in [-0.4, -0.2) is 25.5 Å². The first-order valence-corrected chi connectivity index (χ1v) is 10.2. The summed E-state index contributed by atoms with van der Waals surface area (Å²) in [5.74, 6) is 0.0858. The number of hydrogen-bond donors (Lipinski definition) is 0. The molecule has 0 saturated carbocycles. The average Bonchev–Trinajstić information content (AvgIpc) is 2.67. The molecule has 0 fully saturated rings. The summed E-state index contributed by atoms with van der Waals surface area (Å²) in [5.41, 5.74) is 0.891. The van der Waals surface area contributed by atoms with Crippen molar-refractivity contribution in [1.29, 1.82) is 0 Å². The minimum absolute atomic E-state index is 0.100. The summed E-state index contributed by atoms with van der Waals surface area (Å²) in [6.07, 6.45) is 3.24. The number of Topliss-reactive ketones (excluding diaryl/α,β-unsaturated/α-hetero) is 1. The van der Waals surface area contributed by atoms with Crippen LogP contribution in [0.25, 0.3) is 0 Å². The van der Waals surface area contributed by atoms with Crippen molar-refractivity contribution in [2.24, 2.45) is 5.92 Å². The van der Waals surface area contributed by atoms with Gasteiger partial charge >= 0.3 is 5.97 Å². The highest BCUT2D eigenvalue weighted by Gasteiger charge is 2.23. The predicted molar refractivity (Wildman–Crippen MR) is 118 cm³/mol. The van der Waals surface area contributed by atoms with Crippen LogP contribution in [0, 0.1) is 5.92 Å². The third kappa shape index (κ3) is 6.25. The standard InChI is InChI=1S/C23H24Cl2O5/c1-5-29-23(27)22-15(11-20(26)18-7-6-16(24)12-19(18)25)10-17(28-4)13-21(22)30-9-8-14(2)3/h6-10,12-14H,5,11H2,1-4H3. The molecule has 0 N–H and O–H groups in total. The fraction of sp³-hybridized carbons (Fsp3) is 0.304. The number of methoxy groups -OCH3 is 1. The van der Waals surface area contributed by atoms with Crippen molar-refractivity contribution in [1.82, 2.24) is 0 Å². The largest absolute Gasteiger partial charge is 0.497 e. The summed E-state index contributed by atoms with van der Waals surface area (Å²) in [5, 5.41) is 0.669. The van der Waals surface area contributed by atoms with E-state index in [1.54, 1.807) is 31.2 Å². The first kappa shape index (κ1) is 23.8. The summed E-state index contributed by atoms with van der Waals surface area (Å²) in [7, 11) is 1.49. The van der Waals surface area contributed by atoms with Crippen LogP contribution in [0.15, 0.2) is 42.7 Å². The van der Waals surface area contributed by atoms with E-state index in [9.17, 15) is 9.59 Å². The van der Waals surface area contributed by atoms with E-state index in [1.807, 2.05) is 19.9 Å². The Balaban J connectivity index is 2.51. The number of carbonyl (C=O) groups is 2. The maximum absolute atomic E-state index is 12.9. The van der Waals surface area contributed by atoms with Crippen molar-refractivity contribution < 1.29 is 23.8 Å². The smallest absolute Gasteiger partial charge is 0.342 e. The molecule has 160 valence electrons. The van der Waals surface area contributed by atoms with E-state index in [2.05, 4.69) is 0 Å². The molecule has 0 spiro atoms. The second-order valence-electron chi connectivity index (χ2n) is 6.79. The lowest BCUT2D eigenvalue weighted by Gasteiger charge is -2.15. The van der Waals surface area contributed by atoms with Crippen LogP contribution in [0.1, 0.15) is 47.1 Å². The van der Waals surface area contributed by atoms with Gasteiger partial charge in [0.25, 0.3) is 0 Å². The van der Waals surface area contributed by atoms with Crippen molar-refractivity contribution in [2.45, 2.75) is 27.2 Å². The number of benzene rings is 2. The van der Waals surface area contributed by atoms with Crippen LogP contribution in [-0.2, 0) is 11.2 Å². The van der Waals surface area contributed by atoms with Crippen molar-refractivity contribution in [2.75, 3.05) is 13.7 Å². The Kier molecular flexibility index (Phi) is 8.75. The molecule has 0 saturated heterocycles. The van der Waals surface area contributed by atoms with Gasteiger partial charge in [-0.05, 0) is 48.7 Å². The maximum Gasteiger partial charge on any atom is 0.342 e. The number of halogens is 2. The van der Waals surface area contributed by atoms with Gasteiger partial charge in [-0.1, -0.05) is 37.0 Å². The van der Waals surface area contributed by atoms with Gasteiger partial charge in [-0.15, -0.1) is 0 Å². The van der Waals surface area contributed by atoms with E-state index in [0.29, 0.717) is 21.9 Å². The zero-order valence-electron chi connectivity index (χ0n) is 17.3. The first-order valence-electron chi connectivity index (χ1n) is 9.46. The number of esters is 1. The second-order valence-corrected chi connectivity index (χ2v) is 7.64. The molecule has 0 heterocycles. The van der Waals surface area contributed by atoms with E-state index in [-0.39, 0.29) is 41.1 Å². The molecule has 0 amide bonds. The van der Waals surface area contributed by atoms with Crippen LogP contribution in [0.4, 0.5) is 0 Å². The number of ketones is 1. The van der Waals surface area contributed by atoms with E-state index in [4.69, 9.17) is 37.4 Å². The highest BCUT2D eigenvalue weighted by atomic mass is 35.5. The van der Waals surface area contributed by atoms with E-state index in [1.165, 1.54) is 19.4 Å². The molecular weight excluding hydrogens is 427 g/mol. The maximum atomic E-state index is 12.9. The van der Waals surface area contributed by atoms with Crippen LogP contribution in [0.3, 0.4) is 0 Å². The van der Waals surface area contributed by atoms with Gasteiger partial charge in [0.05, 0.1) is 25.0 Å². The molecule has 0 radical (unpaired) electrons. The highest BCUT2D eigenvalue weighted by Crippen LogP contribution is 2.32. The quantitative estimate of drug-likeness (QED) is 0.260. The Morgan fingerprint density at radius 2 is 1.87 bits per heavy atom. The summed E-state index contributed by atoms with van der Waals surface area (Å²) in [6, 6.07) is 7.84. The molecule has 0 aliphatic rings. The molecule has 0 unspecified atom stereocenters. The van der Waals surface area contributed by atoms with Crippen molar-refractivity contribution in [3.8, 4) is 11.5 Å². The minimum atomic E-state index is -0.585. The lowest BCUT2D eigenvalue weighted by molar-refractivity contribution is 0.0522. The zero-order valence-corrected chi connectivity index (χ0v) is 18.8. The molecule has 7 heteroatoms. The van der Waals surface area contributed by atoms with Gasteiger partial charge in [0.2, 0.25) is 0 Å². The van der Waals surface area contributed by atoms with Gasteiger partial charge in [0.15, 0.2) is 5.78 Å². The van der Waals surface area contributed by atoms with Gasteiger partial charge < -0.3 is 14.2 Å². The van der Waals surface area contributed by atoms with Crippen molar-refractivity contribution in [3.05, 3.63) is 69.4 Å². The fourth-order valence-electron chi connectivity index (χ4n) is 2.68. The van der Waals surface area contributed by atoms with Gasteiger partial charge in [-0.2, -0.15) is 0 Å². The third-order valence-electron chi connectivity index (χ3n) is 4.11. The van der Waals surface area contributed by atoms with E-state index >= 15 is 0 Å². The van der Waals surface area contributed by atoms with Crippen LogP contribution in [0.5, 0.6) is 11.5 Å².